The van der Waals surface area contributed by atoms with Crippen LogP contribution in [0.3, 0.4) is 0 Å². The molecule has 0 amide bonds. The van der Waals surface area contributed by atoms with Crippen LogP contribution >= 0.6 is 0 Å². The Kier molecular flexibility index (Phi) is 3.46. The second-order valence-electron chi connectivity index (χ2n) is 4.71. The first-order chi connectivity index (χ1) is 8.30. The Labute approximate surface area is 106 Å². The highest BCUT2D eigenvalue weighted by Crippen LogP contribution is 2.34. The van der Waals surface area contributed by atoms with E-state index in [-0.39, 0.29) is 6.61 Å². The maximum absolute atomic E-state index is 11.5. The van der Waals surface area contributed by atoms with Crippen molar-refractivity contribution in [1.29, 1.82) is 0 Å². The Hall–Kier alpha value is -0.950. The fourth-order valence-electron chi connectivity index (χ4n) is 2.09. The summed E-state index contributed by atoms with van der Waals surface area (Å²) in [5.41, 5.74) is 0.492. The lowest BCUT2D eigenvalue weighted by Crippen LogP contribution is -2.30. The molecule has 1 N–H and O–H groups in total. The van der Waals surface area contributed by atoms with Crippen LogP contribution in [0.15, 0.2) is 30.3 Å². The van der Waals surface area contributed by atoms with E-state index in [0.29, 0.717) is 5.56 Å². The van der Waals surface area contributed by atoms with Gasteiger partial charge in [0.2, 0.25) is 0 Å². The van der Waals surface area contributed by atoms with Gasteiger partial charge in [0.25, 0.3) is 10.1 Å². The molecule has 1 aliphatic rings. The zero-order valence-corrected chi connectivity index (χ0v) is 11.1. The highest BCUT2D eigenvalue weighted by atomic mass is 32.2. The SMILES string of the molecule is CC1(C)OC[C@@H]([C@H](c2ccccc2)S(=O)(=O)O)O1. The van der Waals surface area contributed by atoms with Gasteiger partial charge in [0.05, 0.1) is 6.61 Å². The summed E-state index contributed by atoms with van der Waals surface area (Å²) >= 11 is 0. The largest absolute Gasteiger partial charge is 0.348 e. The van der Waals surface area contributed by atoms with Gasteiger partial charge in [0.1, 0.15) is 11.4 Å². The van der Waals surface area contributed by atoms with E-state index in [0.717, 1.165) is 0 Å². The molecule has 5 nitrogen and oxygen atoms in total. The normalized spacial score (nSPS) is 24.9. The Bertz CT molecular complexity index is 509. The van der Waals surface area contributed by atoms with Gasteiger partial charge in [-0.05, 0) is 19.4 Å². The zero-order valence-electron chi connectivity index (χ0n) is 10.2. The zero-order chi connectivity index (χ0) is 13.4. The fourth-order valence-corrected chi connectivity index (χ4v) is 3.10. The summed E-state index contributed by atoms with van der Waals surface area (Å²) in [6, 6.07) is 8.50. The van der Waals surface area contributed by atoms with Crippen molar-refractivity contribution < 1.29 is 22.4 Å². The minimum atomic E-state index is -4.26. The van der Waals surface area contributed by atoms with Crippen molar-refractivity contribution in [3.8, 4) is 0 Å². The average molecular weight is 272 g/mol. The second kappa shape index (κ2) is 4.62. The van der Waals surface area contributed by atoms with Crippen LogP contribution in [-0.4, -0.2) is 31.5 Å². The average Bonchev–Trinajstić information content (AvgIpc) is 2.58. The van der Waals surface area contributed by atoms with Crippen LogP contribution in [-0.2, 0) is 19.6 Å². The molecular formula is C12H16O5S. The summed E-state index contributed by atoms with van der Waals surface area (Å²) in [6.07, 6.45) is -0.711. The summed E-state index contributed by atoms with van der Waals surface area (Å²) in [4.78, 5) is 0. The first-order valence-corrected chi connectivity index (χ1v) is 7.13. The maximum atomic E-state index is 11.5. The van der Waals surface area contributed by atoms with E-state index in [2.05, 4.69) is 0 Å². The van der Waals surface area contributed by atoms with E-state index in [1.807, 2.05) is 0 Å². The first kappa shape index (κ1) is 13.5. The monoisotopic (exact) mass is 272 g/mol. The lowest BCUT2D eigenvalue weighted by Gasteiger charge is -2.22. The van der Waals surface area contributed by atoms with Crippen molar-refractivity contribution in [2.75, 3.05) is 6.61 Å². The molecule has 0 saturated carbocycles. The number of hydrogen-bond acceptors (Lipinski definition) is 4. The summed E-state index contributed by atoms with van der Waals surface area (Å²) in [7, 11) is -4.26. The molecule has 6 heteroatoms. The van der Waals surface area contributed by atoms with Crippen LogP contribution < -0.4 is 0 Å². The molecule has 18 heavy (non-hydrogen) atoms. The Morgan fingerprint density at radius 2 is 1.94 bits per heavy atom. The molecule has 0 aliphatic carbocycles. The molecule has 0 radical (unpaired) electrons. The molecule has 1 saturated heterocycles. The van der Waals surface area contributed by atoms with Crippen LogP contribution in [0.2, 0.25) is 0 Å². The highest BCUT2D eigenvalue weighted by molar-refractivity contribution is 7.86. The predicted molar refractivity (Wildman–Crippen MR) is 65.6 cm³/mol. The molecule has 100 valence electrons. The minimum absolute atomic E-state index is 0.131. The van der Waals surface area contributed by atoms with Gasteiger partial charge in [0, 0.05) is 0 Å². The van der Waals surface area contributed by atoms with Crippen molar-refractivity contribution in [1.82, 2.24) is 0 Å². The fraction of sp³-hybridized carbons (Fsp3) is 0.500. The Balaban J connectivity index is 2.34. The molecule has 2 rings (SSSR count). The highest BCUT2D eigenvalue weighted by Gasteiger charge is 2.43. The third-order valence-corrected chi connectivity index (χ3v) is 4.03. The minimum Gasteiger partial charge on any atom is -0.348 e. The van der Waals surface area contributed by atoms with Gasteiger partial charge in [-0.15, -0.1) is 0 Å². The van der Waals surface area contributed by atoms with E-state index in [1.165, 1.54) is 0 Å². The van der Waals surface area contributed by atoms with Gasteiger partial charge in [-0.3, -0.25) is 4.55 Å². The predicted octanol–water partition coefficient (Wildman–Crippen LogP) is 1.77. The molecule has 0 spiro atoms. The number of rotatable bonds is 3. The summed E-state index contributed by atoms with van der Waals surface area (Å²) < 4.78 is 43.4. The quantitative estimate of drug-likeness (QED) is 0.849. The smallest absolute Gasteiger partial charge is 0.274 e. The van der Waals surface area contributed by atoms with E-state index in [9.17, 15) is 13.0 Å². The molecule has 0 aromatic heterocycles. The Morgan fingerprint density at radius 3 is 2.39 bits per heavy atom. The van der Waals surface area contributed by atoms with E-state index in [4.69, 9.17) is 9.47 Å². The van der Waals surface area contributed by atoms with Crippen LogP contribution in [0.1, 0.15) is 24.7 Å². The van der Waals surface area contributed by atoms with Gasteiger partial charge in [-0.2, -0.15) is 8.42 Å². The molecular weight excluding hydrogens is 256 g/mol. The van der Waals surface area contributed by atoms with Crippen molar-refractivity contribution in [3.63, 3.8) is 0 Å². The third-order valence-electron chi connectivity index (χ3n) is 2.82. The lowest BCUT2D eigenvalue weighted by molar-refractivity contribution is -0.138. The standard InChI is InChI=1S/C12H16O5S/c1-12(2)16-8-10(17-12)11(18(13,14)15)9-6-4-3-5-7-9/h3-7,10-11H,8H2,1-2H3,(H,13,14,15)/t10-,11-/m0/s1. The van der Waals surface area contributed by atoms with E-state index in [1.54, 1.807) is 44.2 Å². The van der Waals surface area contributed by atoms with E-state index >= 15 is 0 Å². The molecule has 1 aromatic carbocycles. The molecule has 1 aromatic rings. The van der Waals surface area contributed by atoms with Crippen molar-refractivity contribution in [2.24, 2.45) is 0 Å². The molecule has 1 aliphatic heterocycles. The van der Waals surface area contributed by atoms with Gasteiger partial charge >= 0.3 is 0 Å². The maximum Gasteiger partial charge on any atom is 0.274 e. The summed E-state index contributed by atoms with van der Waals surface area (Å²) in [6.45, 7) is 3.55. The van der Waals surface area contributed by atoms with Gasteiger partial charge in [0.15, 0.2) is 5.79 Å². The second-order valence-corrected chi connectivity index (χ2v) is 6.25. The summed E-state index contributed by atoms with van der Waals surface area (Å²) in [5, 5.41) is -1.12. The first-order valence-electron chi connectivity index (χ1n) is 5.63. The van der Waals surface area contributed by atoms with Gasteiger partial charge in [-0.25, -0.2) is 0 Å². The number of ether oxygens (including phenoxy) is 2. The Morgan fingerprint density at radius 1 is 1.33 bits per heavy atom. The third kappa shape index (κ3) is 2.89. The van der Waals surface area contributed by atoms with Crippen LogP contribution in [0.4, 0.5) is 0 Å². The van der Waals surface area contributed by atoms with Gasteiger partial charge < -0.3 is 9.47 Å². The summed E-state index contributed by atoms with van der Waals surface area (Å²) in [5.74, 6) is -0.831. The number of hydrogen-bond donors (Lipinski definition) is 1. The van der Waals surface area contributed by atoms with Gasteiger partial charge in [-0.1, -0.05) is 30.3 Å². The van der Waals surface area contributed by atoms with Crippen LogP contribution in [0.5, 0.6) is 0 Å². The number of benzene rings is 1. The van der Waals surface area contributed by atoms with Crippen LogP contribution in [0.25, 0.3) is 0 Å². The molecule has 1 heterocycles. The van der Waals surface area contributed by atoms with Crippen molar-refractivity contribution in [2.45, 2.75) is 31.0 Å². The molecule has 0 unspecified atom stereocenters. The molecule has 1 fully saturated rings. The van der Waals surface area contributed by atoms with E-state index < -0.39 is 27.3 Å². The topological polar surface area (TPSA) is 72.8 Å². The lowest BCUT2D eigenvalue weighted by atomic mass is 10.1. The van der Waals surface area contributed by atoms with Crippen LogP contribution in [0, 0.1) is 0 Å². The molecule has 0 bridgehead atoms. The molecule has 2 atom stereocenters. The van der Waals surface area contributed by atoms with Crippen molar-refractivity contribution >= 4 is 10.1 Å². The van der Waals surface area contributed by atoms with Crippen molar-refractivity contribution in [3.05, 3.63) is 35.9 Å².